The van der Waals surface area contributed by atoms with E-state index in [1.54, 1.807) is 12.5 Å². The van der Waals surface area contributed by atoms with E-state index in [0.29, 0.717) is 5.96 Å². The van der Waals surface area contributed by atoms with E-state index in [0.717, 1.165) is 32.5 Å². The molecule has 1 heterocycles. The van der Waals surface area contributed by atoms with Crippen LogP contribution in [0.5, 0.6) is 0 Å². The number of nitrogens with one attached hydrogen (secondary N) is 1. The fourth-order valence-electron chi connectivity index (χ4n) is 1.15. The number of imidazole rings is 1. The average molecular weight is 337 g/mol. The number of rotatable bonds is 6. The molecule has 0 aliphatic heterocycles. The minimum absolute atomic E-state index is 0. The van der Waals surface area contributed by atoms with Gasteiger partial charge >= 0.3 is 0 Å². The van der Waals surface area contributed by atoms with Gasteiger partial charge in [0.1, 0.15) is 0 Å². The van der Waals surface area contributed by atoms with Crippen molar-refractivity contribution < 1.29 is 0 Å². The molecule has 0 amide bonds. The second-order valence-corrected chi connectivity index (χ2v) is 3.35. The molecule has 0 saturated carbocycles. The Balaban J connectivity index is 0.00000225. The number of halogens is 1. The molecule has 1 aromatic rings. The molecular weight excluding hydrogens is 317 g/mol. The molecule has 0 radical (unpaired) electrons. The fourth-order valence-corrected chi connectivity index (χ4v) is 1.15. The van der Waals surface area contributed by atoms with Gasteiger partial charge in [-0.3, -0.25) is 4.99 Å². The lowest BCUT2D eigenvalue weighted by Crippen LogP contribution is -2.34. The molecule has 0 spiro atoms. The van der Waals surface area contributed by atoms with Crippen molar-refractivity contribution >= 4 is 29.9 Å². The van der Waals surface area contributed by atoms with Crippen LogP contribution in [0, 0.1) is 0 Å². The van der Waals surface area contributed by atoms with Crippen molar-refractivity contribution in [3.8, 4) is 0 Å². The molecule has 6 heteroatoms. The molecule has 0 fully saturated rings. The summed E-state index contributed by atoms with van der Waals surface area (Å²) < 4.78 is 1.99. The Morgan fingerprint density at radius 3 is 3.00 bits per heavy atom. The third-order valence-electron chi connectivity index (χ3n) is 2.03. The number of hydrogen-bond donors (Lipinski definition) is 2. The molecule has 0 aliphatic rings. The summed E-state index contributed by atoms with van der Waals surface area (Å²) in [5.41, 5.74) is 5.67. The summed E-state index contributed by atoms with van der Waals surface area (Å²) in [5, 5.41) is 3.06. The van der Waals surface area contributed by atoms with Gasteiger partial charge in [-0.1, -0.05) is 13.3 Å². The highest BCUT2D eigenvalue weighted by molar-refractivity contribution is 14.0. The van der Waals surface area contributed by atoms with E-state index < -0.39 is 0 Å². The lowest BCUT2D eigenvalue weighted by molar-refractivity contribution is 0.669. The van der Waals surface area contributed by atoms with Crippen LogP contribution >= 0.6 is 24.0 Å². The quantitative estimate of drug-likeness (QED) is 0.355. The van der Waals surface area contributed by atoms with Crippen molar-refractivity contribution in [2.24, 2.45) is 10.7 Å². The van der Waals surface area contributed by atoms with Crippen LogP contribution in [0.4, 0.5) is 0 Å². The molecule has 92 valence electrons. The van der Waals surface area contributed by atoms with Gasteiger partial charge in [0.25, 0.3) is 0 Å². The van der Waals surface area contributed by atoms with Gasteiger partial charge in [-0.25, -0.2) is 4.98 Å². The molecule has 0 unspecified atom stereocenters. The molecule has 0 saturated heterocycles. The van der Waals surface area contributed by atoms with Gasteiger partial charge in [-0.2, -0.15) is 0 Å². The van der Waals surface area contributed by atoms with Crippen molar-refractivity contribution in [3.63, 3.8) is 0 Å². The van der Waals surface area contributed by atoms with Crippen LogP contribution < -0.4 is 11.1 Å². The van der Waals surface area contributed by atoms with E-state index in [4.69, 9.17) is 5.73 Å². The van der Waals surface area contributed by atoms with Gasteiger partial charge in [-0.05, 0) is 6.42 Å². The van der Waals surface area contributed by atoms with Crippen molar-refractivity contribution in [2.45, 2.75) is 26.3 Å². The molecule has 1 aromatic heterocycles. The number of unbranched alkanes of at least 4 members (excludes halogenated alkanes) is 1. The number of guanidine groups is 1. The summed E-state index contributed by atoms with van der Waals surface area (Å²) in [4.78, 5) is 8.15. The van der Waals surface area contributed by atoms with Gasteiger partial charge in [0.15, 0.2) is 5.96 Å². The van der Waals surface area contributed by atoms with E-state index in [-0.39, 0.29) is 24.0 Å². The summed E-state index contributed by atoms with van der Waals surface area (Å²) in [5.74, 6) is 0.531. The lowest BCUT2D eigenvalue weighted by Gasteiger charge is -2.05. The smallest absolute Gasteiger partial charge is 0.188 e. The maximum Gasteiger partial charge on any atom is 0.188 e. The fraction of sp³-hybridized carbons (Fsp3) is 0.600. The standard InChI is InChI=1S/C10H19N5.HI/c1-2-3-4-13-10(11)14-6-8-15-7-5-12-9-15;/h5,7,9H,2-4,6,8H2,1H3,(H3,11,13,14);1H. The number of hydrogen-bond acceptors (Lipinski definition) is 2. The second-order valence-electron chi connectivity index (χ2n) is 3.35. The zero-order valence-electron chi connectivity index (χ0n) is 9.59. The van der Waals surface area contributed by atoms with Gasteiger partial charge < -0.3 is 15.6 Å². The van der Waals surface area contributed by atoms with E-state index in [1.165, 1.54) is 0 Å². The zero-order chi connectivity index (χ0) is 10.9. The first kappa shape index (κ1) is 15.2. The van der Waals surface area contributed by atoms with Crippen LogP contribution in [0.2, 0.25) is 0 Å². The monoisotopic (exact) mass is 337 g/mol. The van der Waals surface area contributed by atoms with E-state index in [1.807, 2.05) is 10.8 Å². The van der Waals surface area contributed by atoms with Crippen molar-refractivity contribution in [1.29, 1.82) is 0 Å². The van der Waals surface area contributed by atoms with E-state index in [2.05, 4.69) is 22.2 Å². The van der Waals surface area contributed by atoms with Crippen molar-refractivity contribution in [1.82, 2.24) is 14.9 Å². The van der Waals surface area contributed by atoms with Crippen LogP contribution in [0.1, 0.15) is 19.8 Å². The Hall–Kier alpha value is -0.790. The first-order valence-electron chi connectivity index (χ1n) is 5.32. The highest BCUT2D eigenvalue weighted by Gasteiger charge is 1.92. The van der Waals surface area contributed by atoms with Crippen LogP contribution in [0.25, 0.3) is 0 Å². The molecule has 0 atom stereocenters. The molecular formula is C10H20IN5. The van der Waals surface area contributed by atoms with Gasteiger partial charge in [0, 0.05) is 32.0 Å². The Kier molecular flexibility index (Phi) is 8.97. The third-order valence-corrected chi connectivity index (χ3v) is 2.03. The second kappa shape index (κ2) is 9.44. The maximum absolute atomic E-state index is 5.67. The SMILES string of the molecule is CCCCN=C(N)NCCn1ccnc1.I. The number of nitrogens with two attached hydrogens (primary N) is 1. The normalized spacial score (nSPS) is 10.9. The van der Waals surface area contributed by atoms with Crippen LogP contribution in [-0.4, -0.2) is 28.6 Å². The maximum atomic E-state index is 5.67. The Morgan fingerprint density at radius 1 is 1.56 bits per heavy atom. The molecule has 5 nitrogen and oxygen atoms in total. The van der Waals surface area contributed by atoms with E-state index >= 15 is 0 Å². The molecule has 1 rings (SSSR count). The summed E-state index contributed by atoms with van der Waals surface area (Å²) in [6.07, 6.45) is 7.70. The largest absolute Gasteiger partial charge is 0.370 e. The van der Waals surface area contributed by atoms with Crippen molar-refractivity contribution in [2.75, 3.05) is 13.1 Å². The molecule has 3 N–H and O–H groups in total. The van der Waals surface area contributed by atoms with Crippen molar-refractivity contribution in [3.05, 3.63) is 18.7 Å². The summed E-state index contributed by atoms with van der Waals surface area (Å²) in [6, 6.07) is 0. The van der Waals surface area contributed by atoms with Crippen LogP contribution in [0.3, 0.4) is 0 Å². The van der Waals surface area contributed by atoms with Gasteiger partial charge in [0.2, 0.25) is 0 Å². The number of aliphatic imine (C=N–C) groups is 1. The predicted molar refractivity (Wildman–Crippen MR) is 77.0 cm³/mol. The van der Waals surface area contributed by atoms with Crippen LogP contribution in [-0.2, 0) is 6.54 Å². The first-order valence-corrected chi connectivity index (χ1v) is 5.32. The third kappa shape index (κ3) is 6.65. The number of aromatic nitrogens is 2. The predicted octanol–water partition coefficient (Wildman–Crippen LogP) is 1.21. The topological polar surface area (TPSA) is 68.2 Å². The van der Waals surface area contributed by atoms with E-state index in [9.17, 15) is 0 Å². The minimum Gasteiger partial charge on any atom is -0.370 e. The average Bonchev–Trinajstić information content (AvgIpc) is 2.71. The summed E-state index contributed by atoms with van der Waals surface area (Å²) in [7, 11) is 0. The highest BCUT2D eigenvalue weighted by atomic mass is 127. The van der Waals surface area contributed by atoms with Crippen LogP contribution in [0.15, 0.2) is 23.7 Å². The van der Waals surface area contributed by atoms with Gasteiger partial charge in [0.05, 0.1) is 6.33 Å². The Bertz CT molecular complexity index is 283. The minimum atomic E-state index is 0. The Morgan fingerprint density at radius 2 is 2.38 bits per heavy atom. The summed E-state index contributed by atoms with van der Waals surface area (Å²) in [6.45, 7) is 4.57. The molecule has 0 aliphatic carbocycles. The lowest BCUT2D eigenvalue weighted by atomic mass is 10.3. The zero-order valence-corrected chi connectivity index (χ0v) is 11.9. The molecule has 0 aromatic carbocycles. The molecule has 16 heavy (non-hydrogen) atoms. The number of nitrogens with zero attached hydrogens (tertiary/aromatic N) is 3. The highest BCUT2D eigenvalue weighted by Crippen LogP contribution is 1.86. The first-order chi connectivity index (χ1) is 7.33. The summed E-state index contributed by atoms with van der Waals surface area (Å²) >= 11 is 0. The Labute approximate surface area is 114 Å². The van der Waals surface area contributed by atoms with Gasteiger partial charge in [-0.15, -0.1) is 24.0 Å². The molecule has 0 bridgehead atoms.